The highest BCUT2D eigenvalue weighted by Crippen LogP contribution is 1.91. The number of carboxylic acids is 1. The molecule has 4 heteroatoms. The van der Waals surface area contributed by atoms with Gasteiger partial charge in [0.2, 0.25) is 0 Å². The van der Waals surface area contributed by atoms with E-state index in [9.17, 15) is 9.18 Å². The topological polar surface area (TPSA) is 40.5 Å². The van der Waals surface area contributed by atoms with Crippen molar-refractivity contribution in [3.63, 3.8) is 0 Å². The van der Waals surface area contributed by atoms with Gasteiger partial charge in [-0.2, -0.15) is 0 Å². The van der Waals surface area contributed by atoms with E-state index in [0.29, 0.717) is 19.6 Å². The van der Waals surface area contributed by atoms with Gasteiger partial charge >= 0.3 is 5.97 Å². The number of carboxylic acid groups (broad SMARTS) is 1. The molecule has 11 heavy (non-hydrogen) atoms. The Morgan fingerprint density at radius 1 is 1.55 bits per heavy atom. The van der Waals surface area contributed by atoms with Crippen LogP contribution in [0.3, 0.4) is 0 Å². The maximum absolute atomic E-state index is 11.8. The fourth-order valence-electron chi connectivity index (χ4n) is 0.801. The van der Waals surface area contributed by atoms with Gasteiger partial charge in [-0.3, -0.25) is 4.79 Å². The van der Waals surface area contributed by atoms with Gasteiger partial charge in [0.25, 0.3) is 0 Å². The third-order valence-corrected chi connectivity index (χ3v) is 1.49. The number of aliphatic carboxylic acids is 1. The Kier molecular flexibility index (Phi) is 5.74. The molecule has 0 aliphatic heterocycles. The first-order chi connectivity index (χ1) is 5.20. The van der Waals surface area contributed by atoms with E-state index in [0.717, 1.165) is 0 Å². The highest BCUT2D eigenvalue weighted by atomic mass is 19.1. The summed E-state index contributed by atoms with van der Waals surface area (Å²) in [5, 5.41) is 8.31. The molecule has 0 saturated carbocycles. The first-order valence-corrected chi connectivity index (χ1v) is 3.70. The minimum atomic E-state index is -0.831. The first kappa shape index (κ1) is 10.4. The molecule has 0 aliphatic carbocycles. The Morgan fingerprint density at radius 2 is 2.18 bits per heavy atom. The fraction of sp³-hybridized carbons (Fsp3) is 0.857. The number of carbonyl (C=O) groups is 1. The zero-order valence-electron chi connectivity index (χ0n) is 6.72. The normalized spacial score (nSPS) is 10.5. The lowest BCUT2D eigenvalue weighted by atomic mass is 10.4. The molecule has 0 aromatic carbocycles. The summed E-state index contributed by atoms with van der Waals surface area (Å²) in [6.07, 6.45) is 0.0911. The zero-order chi connectivity index (χ0) is 8.69. The number of rotatable bonds is 6. The summed E-state index contributed by atoms with van der Waals surface area (Å²) in [6, 6.07) is 0. The summed E-state index contributed by atoms with van der Waals surface area (Å²) >= 11 is 0. The molecule has 0 aromatic rings. The van der Waals surface area contributed by atoms with Gasteiger partial charge in [-0.1, -0.05) is 6.92 Å². The van der Waals surface area contributed by atoms with Crippen LogP contribution in [0.15, 0.2) is 0 Å². The number of hydrogen-bond acceptors (Lipinski definition) is 2. The van der Waals surface area contributed by atoms with Crippen LogP contribution < -0.4 is 0 Å². The lowest BCUT2D eigenvalue weighted by molar-refractivity contribution is -0.137. The van der Waals surface area contributed by atoms with Crippen molar-refractivity contribution >= 4 is 5.97 Å². The molecule has 0 unspecified atom stereocenters. The minimum absolute atomic E-state index is 0.0911. The second-order valence-corrected chi connectivity index (χ2v) is 2.27. The van der Waals surface area contributed by atoms with Gasteiger partial charge < -0.3 is 10.0 Å². The molecule has 0 spiro atoms. The second kappa shape index (κ2) is 6.09. The van der Waals surface area contributed by atoms with E-state index in [1.54, 1.807) is 4.90 Å². The number of hydrogen-bond donors (Lipinski definition) is 1. The van der Waals surface area contributed by atoms with Crippen LogP contribution in [0, 0.1) is 0 Å². The molecule has 0 heterocycles. The molecule has 0 bridgehead atoms. The van der Waals surface area contributed by atoms with E-state index >= 15 is 0 Å². The summed E-state index contributed by atoms with van der Waals surface area (Å²) in [6.45, 7) is 2.96. The van der Waals surface area contributed by atoms with E-state index in [-0.39, 0.29) is 6.42 Å². The molecule has 0 atom stereocenters. The summed E-state index contributed by atoms with van der Waals surface area (Å²) in [7, 11) is 0. The summed E-state index contributed by atoms with van der Waals surface area (Å²) in [4.78, 5) is 11.9. The largest absolute Gasteiger partial charge is 0.481 e. The van der Waals surface area contributed by atoms with Crippen LogP contribution in [0.4, 0.5) is 4.39 Å². The van der Waals surface area contributed by atoms with E-state index in [1.165, 1.54) is 0 Å². The van der Waals surface area contributed by atoms with Gasteiger partial charge in [-0.25, -0.2) is 4.39 Å². The maximum atomic E-state index is 11.8. The smallest absolute Gasteiger partial charge is 0.304 e. The lowest BCUT2D eigenvalue weighted by Gasteiger charge is -2.16. The van der Waals surface area contributed by atoms with Crippen molar-refractivity contribution in [2.75, 3.05) is 26.3 Å². The summed E-state index contributed by atoms with van der Waals surface area (Å²) in [5.41, 5.74) is 0. The van der Waals surface area contributed by atoms with Crippen LogP contribution in [0.1, 0.15) is 13.3 Å². The molecular formula is C7H14FNO2. The monoisotopic (exact) mass is 163 g/mol. The van der Waals surface area contributed by atoms with Crippen molar-refractivity contribution in [2.45, 2.75) is 13.3 Å². The van der Waals surface area contributed by atoms with Crippen LogP contribution in [0.25, 0.3) is 0 Å². The molecular weight excluding hydrogens is 149 g/mol. The number of halogens is 1. The van der Waals surface area contributed by atoms with Crippen molar-refractivity contribution in [1.29, 1.82) is 0 Å². The molecule has 0 amide bonds. The highest BCUT2D eigenvalue weighted by Gasteiger charge is 2.03. The molecule has 3 nitrogen and oxygen atoms in total. The van der Waals surface area contributed by atoms with Gasteiger partial charge in [0.1, 0.15) is 6.67 Å². The van der Waals surface area contributed by atoms with Crippen molar-refractivity contribution < 1.29 is 14.3 Å². The molecule has 0 rings (SSSR count). The van der Waals surface area contributed by atoms with E-state index < -0.39 is 12.6 Å². The number of alkyl halides is 1. The molecule has 0 radical (unpaired) electrons. The zero-order valence-corrected chi connectivity index (χ0v) is 6.72. The van der Waals surface area contributed by atoms with Crippen molar-refractivity contribution in [2.24, 2.45) is 0 Å². The van der Waals surface area contributed by atoms with Gasteiger partial charge in [0, 0.05) is 13.1 Å². The van der Waals surface area contributed by atoms with Crippen LogP contribution in [0.5, 0.6) is 0 Å². The van der Waals surface area contributed by atoms with Crippen LogP contribution in [-0.2, 0) is 4.79 Å². The molecule has 0 saturated heterocycles. The van der Waals surface area contributed by atoms with E-state index in [2.05, 4.69) is 0 Å². The van der Waals surface area contributed by atoms with Crippen LogP contribution in [-0.4, -0.2) is 42.3 Å². The Labute approximate surface area is 65.8 Å². The highest BCUT2D eigenvalue weighted by molar-refractivity contribution is 5.66. The lowest BCUT2D eigenvalue weighted by Crippen LogP contribution is -2.28. The molecule has 66 valence electrons. The Hall–Kier alpha value is -0.640. The maximum Gasteiger partial charge on any atom is 0.304 e. The molecule has 0 aliphatic rings. The Morgan fingerprint density at radius 3 is 2.55 bits per heavy atom. The van der Waals surface area contributed by atoms with Gasteiger partial charge in [0.15, 0.2) is 0 Å². The molecule has 1 N–H and O–H groups in total. The van der Waals surface area contributed by atoms with E-state index in [4.69, 9.17) is 5.11 Å². The Bertz CT molecular complexity index is 119. The van der Waals surface area contributed by atoms with Crippen molar-refractivity contribution in [3.8, 4) is 0 Å². The predicted octanol–water partition coefficient (Wildman–Crippen LogP) is 0.753. The first-order valence-electron chi connectivity index (χ1n) is 3.70. The second-order valence-electron chi connectivity index (χ2n) is 2.27. The van der Waals surface area contributed by atoms with Gasteiger partial charge in [-0.15, -0.1) is 0 Å². The quantitative estimate of drug-likeness (QED) is 0.628. The number of nitrogens with zero attached hydrogens (tertiary/aromatic N) is 1. The predicted molar refractivity (Wildman–Crippen MR) is 40.3 cm³/mol. The fourth-order valence-corrected chi connectivity index (χ4v) is 0.801. The standard InChI is InChI=1S/C7H14FNO2/c1-2-9(6-4-8)5-3-7(10)11/h2-6H2,1H3,(H,10,11). The molecule has 0 fully saturated rings. The van der Waals surface area contributed by atoms with Crippen LogP contribution >= 0.6 is 0 Å². The third kappa shape index (κ3) is 5.79. The Balaban J connectivity index is 3.43. The van der Waals surface area contributed by atoms with Gasteiger partial charge in [0.05, 0.1) is 6.42 Å². The summed E-state index contributed by atoms with van der Waals surface area (Å²) in [5.74, 6) is -0.831. The third-order valence-electron chi connectivity index (χ3n) is 1.49. The SMILES string of the molecule is CCN(CCF)CCC(=O)O. The summed E-state index contributed by atoms with van der Waals surface area (Å²) < 4.78 is 11.8. The molecule has 0 aromatic heterocycles. The minimum Gasteiger partial charge on any atom is -0.481 e. The van der Waals surface area contributed by atoms with E-state index in [1.807, 2.05) is 6.92 Å². The van der Waals surface area contributed by atoms with Crippen molar-refractivity contribution in [1.82, 2.24) is 4.90 Å². The average molecular weight is 163 g/mol. The van der Waals surface area contributed by atoms with Crippen LogP contribution in [0.2, 0.25) is 0 Å². The van der Waals surface area contributed by atoms with Crippen molar-refractivity contribution in [3.05, 3.63) is 0 Å². The average Bonchev–Trinajstić information content (AvgIpc) is 1.97. The van der Waals surface area contributed by atoms with Gasteiger partial charge in [-0.05, 0) is 6.54 Å².